The summed E-state index contributed by atoms with van der Waals surface area (Å²) in [6.45, 7) is 0.143. The summed E-state index contributed by atoms with van der Waals surface area (Å²) in [7, 11) is 0. The van der Waals surface area contributed by atoms with Crippen LogP contribution in [0.4, 0.5) is 10.5 Å². The lowest BCUT2D eigenvalue weighted by Gasteiger charge is -2.19. The van der Waals surface area contributed by atoms with Gasteiger partial charge in [-0.15, -0.1) is 0 Å². The molecule has 1 aliphatic carbocycles. The van der Waals surface area contributed by atoms with Gasteiger partial charge < -0.3 is 20.3 Å². The molecule has 0 bridgehead atoms. The minimum Gasteiger partial charge on any atom is -0.449 e. The summed E-state index contributed by atoms with van der Waals surface area (Å²) in [6.07, 6.45) is -3.69. The second-order valence-electron chi connectivity index (χ2n) is 7.98. The number of amides is 1. The van der Waals surface area contributed by atoms with Crippen LogP contribution >= 0.6 is 11.6 Å². The van der Waals surface area contributed by atoms with Crippen LogP contribution in [-0.2, 0) is 4.74 Å². The van der Waals surface area contributed by atoms with E-state index in [1.54, 1.807) is 0 Å². The van der Waals surface area contributed by atoms with Gasteiger partial charge in [0.25, 0.3) is 5.69 Å². The van der Waals surface area contributed by atoms with E-state index in [1.807, 2.05) is 48.5 Å². The number of carbonyl (C=O) groups is 1. The molecule has 9 heteroatoms. The smallest absolute Gasteiger partial charge is 0.407 e. The molecule has 0 heterocycles. The number of hydrogen-bond donors (Lipinski definition) is 3. The number of rotatable bonds is 8. The summed E-state index contributed by atoms with van der Waals surface area (Å²) in [6, 6.07) is 20.0. The van der Waals surface area contributed by atoms with Crippen LogP contribution in [0.2, 0.25) is 5.02 Å². The molecule has 0 spiro atoms. The Morgan fingerprint density at radius 2 is 1.65 bits per heavy atom. The molecule has 34 heavy (non-hydrogen) atoms. The number of halogens is 1. The highest BCUT2D eigenvalue weighted by atomic mass is 35.5. The highest BCUT2D eigenvalue weighted by Crippen LogP contribution is 2.44. The molecular weight excluding hydrogens is 460 g/mol. The summed E-state index contributed by atoms with van der Waals surface area (Å²) in [5.74, 6) is -0.0775. The van der Waals surface area contributed by atoms with E-state index >= 15 is 0 Å². The monoisotopic (exact) mass is 482 g/mol. The molecule has 0 saturated heterocycles. The Morgan fingerprint density at radius 3 is 2.26 bits per heavy atom. The third kappa shape index (κ3) is 4.75. The molecule has 2 unspecified atom stereocenters. The quantitative estimate of drug-likeness (QED) is 0.319. The van der Waals surface area contributed by atoms with Crippen LogP contribution in [0.1, 0.15) is 35.1 Å². The lowest BCUT2D eigenvalue weighted by Crippen LogP contribution is -2.31. The predicted octanol–water partition coefficient (Wildman–Crippen LogP) is 4.57. The number of nitro groups is 1. The highest BCUT2D eigenvalue weighted by molar-refractivity contribution is 6.31. The van der Waals surface area contributed by atoms with Gasteiger partial charge in [-0.2, -0.15) is 0 Å². The third-order valence-corrected chi connectivity index (χ3v) is 6.27. The number of benzene rings is 3. The fourth-order valence-electron chi connectivity index (χ4n) is 4.30. The van der Waals surface area contributed by atoms with Crippen LogP contribution in [-0.4, -0.2) is 40.5 Å². The molecule has 3 N–H and O–H groups in total. The minimum atomic E-state index is -1.58. The Bertz CT molecular complexity index is 1170. The molecule has 176 valence electrons. The van der Waals surface area contributed by atoms with Gasteiger partial charge in [0.15, 0.2) is 0 Å². The molecule has 3 aromatic carbocycles. The number of hydrogen-bond acceptors (Lipinski definition) is 6. The van der Waals surface area contributed by atoms with Gasteiger partial charge in [-0.1, -0.05) is 66.2 Å². The maximum absolute atomic E-state index is 12.3. The Hall–Kier alpha value is -3.46. The molecule has 0 saturated carbocycles. The molecule has 2 atom stereocenters. The zero-order valence-corrected chi connectivity index (χ0v) is 18.8. The minimum absolute atomic E-state index is 0.00679. The third-order valence-electron chi connectivity index (χ3n) is 5.94. The van der Waals surface area contributed by atoms with E-state index in [9.17, 15) is 25.1 Å². The lowest BCUT2D eigenvalue weighted by atomic mass is 9.98. The molecule has 0 radical (unpaired) electrons. The van der Waals surface area contributed by atoms with Gasteiger partial charge in [0.2, 0.25) is 0 Å². The molecule has 1 aliphatic rings. The van der Waals surface area contributed by atoms with Crippen LogP contribution < -0.4 is 5.32 Å². The lowest BCUT2D eigenvalue weighted by molar-refractivity contribution is -0.386. The van der Waals surface area contributed by atoms with Crippen LogP contribution in [0.15, 0.2) is 66.7 Å². The topological polar surface area (TPSA) is 122 Å². The van der Waals surface area contributed by atoms with Gasteiger partial charge in [0.05, 0.1) is 21.6 Å². The van der Waals surface area contributed by atoms with Gasteiger partial charge in [-0.05, 0) is 34.7 Å². The average Bonchev–Trinajstić information content (AvgIpc) is 3.15. The first-order chi connectivity index (χ1) is 16.4. The maximum atomic E-state index is 12.3. The number of carbonyl (C=O) groups excluding carboxylic acids is 1. The second-order valence-corrected chi connectivity index (χ2v) is 8.39. The SMILES string of the molecule is O=C(NCCC(O)C(O)c1c(Cl)cccc1[N+](=O)[O-])OCC1c2ccccc2-c2ccccc21. The van der Waals surface area contributed by atoms with E-state index in [4.69, 9.17) is 16.3 Å². The molecule has 4 rings (SSSR count). The fourth-order valence-corrected chi connectivity index (χ4v) is 4.58. The van der Waals surface area contributed by atoms with E-state index in [1.165, 1.54) is 18.2 Å². The number of aliphatic hydroxyl groups is 2. The van der Waals surface area contributed by atoms with Gasteiger partial charge in [-0.3, -0.25) is 10.1 Å². The standard InChI is InChI=1S/C25H23ClN2O6/c26-20-10-5-11-21(28(32)33)23(20)24(30)22(29)12-13-27-25(31)34-14-19-17-8-3-1-6-15(17)16-7-2-4-9-18(16)19/h1-11,19,22,24,29-30H,12-14H2,(H,27,31). The molecule has 0 aromatic heterocycles. The number of nitrogens with zero attached hydrogens (tertiary/aromatic N) is 1. The van der Waals surface area contributed by atoms with E-state index in [0.29, 0.717) is 0 Å². The first kappa shape index (κ1) is 23.7. The van der Waals surface area contributed by atoms with Crippen LogP contribution in [0.25, 0.3) is 11.1 Å². The zero-order valence-electron chi connectivity index (χ0n) is 18.1. The zero-order chi connectivity index (χ0) is 24.2. The van der Waals surface area contributed by atoms with Crippen molar-refractivity contribution in [2.75, 3.05) is 13.2 Å². The highest BCUT2D eigenvalue weighted by Gasteiger charge is 2.30. The molecule has 0 aliphatic heterocycles. The molecule has 8 nitrogen and oxygen atoms in total. The summed E-state index contributed by atoms with van der Waals surface area (Å²) in [5, 5.41) is 34.5. The van der Waals surface area contributed by atoms with Crippen molar-refractivity contribution >= 4 is 23.4 Å². The van der Waals surface area contributed by atoms with Crippen LogP contribution in [0.3, 0.4) is 0 Å². The first-order valence-electron chi connectivity index (χ1n) is 10.8. The normalized spacial score (nSPS) is 14.1. The second kappa shape index (κ2) is 10.2. The average molecular weight is 483 g/mol. The number of fused-ring (bicyclic) bond motifs is 3. The van der Waals surface area contributed by atoms with Crippen LogP contribution in [0.5, 0.6) is 0 Å². The van der Waals surface area contributed by atoms with E-state index in [0.717, 1.165) is 22.3 Å². The van der Waals surface area contributed by atoms with Gasteiger partial charge in [-0.25, -0.2) is 4.79 Å². The van der Waals surface area contributed by atoms with Crippen molar-refractivity contribution in [1.82, 2.24) is 5.32 Å². The number of aliphatic hydroxyl groups excluding tert-OH is 2. The molecular formula is C25H23ClN2O6. The number of nitrogens with one attached hydrogen (secondary N) is 1. The van der Waals surface area contributed by atoms with Crippen molar-refractivity contribution in [2.24, 2.45) is 0 Å². The summed E-state index contributed by atoms with van der Waals surface area (Å²) < 4.78 is 5.43. The van der Waals surface area contributed by atoms with E-state index in [-0.39, 0.29) is 41.8 Å². The Labute approximate surface area is 200 Å². The van der Waals surface area contributed by atoms with Crippen molar-refractivity contribution in [1.29, 1.82) is 0 Å². The van der Waals surface area contributed by atoms with Crippen molar-refractivity contribution < 1.29 is 24.7 Å². The first-order valence-corrected chi connectivity index (χ1v) is 11.1. The van der Waals surface area contributed by atoms with E-state index < -0.39 is 23.2 Å². The molecule has 3 aromatic rings. The number of nitro benzene ring substituents is 1. The largest absolute Gasteiger partial charge is 0.449 e. The number of ether oxygens (including phenoxy) is 1. The van der Waals surface area contributed by atoms with Gasteiger partial charge >= 0.3 is 6.09 Å². The Kier molecular flexibility index (Phi) is 7.12. The van der Waals surface area contributed by atoms with Gasteiger partial charge in [0.1, 0.15) is 12.7 Å². The maximum Gasteiger partial charge on any atom is 0.407 e. The van der Waals surface area contributed by atoms with Crippen molar-refractivity contribution in [2.45, 2.75) is 24.5 Å². The van der Waals surface area contributed by atoms with E-state index in [2.05, 4.69) is 5.32 Å². The van der Waals surface area contributed by atoms with Crippen molar-refractivity contribution in [3.63, 3.8) is 0 Å². The Balaban J connectivity index is 1.31. The molecule has 1 amide bonds. The predicted molar refractivity (Wildman–Crippen MR) is 127 cm³/mol. The number of alkyl carbamates (subject to hydrolysis) is 1. The fraction of sp³-hybridized carbons (Fsp3) is 0.240. The summed E-state index contributed by atoms with van der Waals surface area (Å²) >= 11 is 6.01. The Morgan fingerprint density at radius 1 is 1.03 bits per heavy atom. The van der Waals surface area contributed by atoms with Crippen molar-refractivity contribution in [3.05, 3.63) is 98.6 Å². The molecule has 0 fully saturated rings. The van der Waals surface area contributed by atoms with Crippen molar-refractivity contribution in [3.8, 4) is 11.1 Å². The summed E-state index contributed by atoms with van der Waals surface area (Å²) in [4.78, 5) is 22.8. The van der Waals surface area contributed by atoms with Crippen LogP contribution in [0, 0.1) is 10.1 Å². The summed E-state index contributed by atoms with van der Waals surface area (Å²) in [5.41, 5.74) is 3.88. The van der Waals surface area contributed by atoms with Gasteiger partial charge in [0, 0.05) is 18.5 Å².